The number of hydrogen-bond donors (Lipinski definition) is 1. The first-order valence-electron chi connectivity index (χ1n) is 7.28. The van der Waals surface area contributed by atoms with Gasteiger partial charge in [-0.2, -0.15) is 0 Å². The minimum Gasteiger partial charge on any atom is -0.493 e. The van der Waals surface area contributed by atoms with E-state index >= 15 is 0 Å². The maximum absolute atomic E-state index is 12.6. The summed E-state index contributed by atoms with van der Waals surface area (Å²) >= 11 is 0. The summed E-state index contributed by atoms with van der Waals surface area (Å²) in [6.45, 7) is 2.39. The van der Waals surface area contributed by atoms with Crippen molar-refractivity contribution in [1.29, 1.82) is 0 Å². The molecule has 0 amide bonds. The maximum atomic E-state index is 12.6. The average molecular weight is 326 g/mol. The maximum Gasteiger partial charge on any atom is 0.262 e. The predicted octanol–water partition coefficient (Wildman–Crippen LogP) is 3.41. The number of pyridine rings is 1. The third-order valence-electron chi connectivity index (χ3n) is 3.84. The highest BCUT2D eigenvalue weighted by Gasteiger charge is 2.31. The molecular weight excluding hydrogens is 312 g/mol. The molecule has 1 aliphatic heterocycles. The molecule has 0 atom stereocenters. The smallest absolute Gasteiger partial charge is 0.262 e. The molecule has 2 aromatic carbocycles. The fourth-order valence-electron chi connectivity index (χ4n) is 2.93. The van der Waals surface area contributed by atoms with Crippen LogP contribution < -0.4 is 9.46 Å². The van der Waals surface area contributed by atoms with Gasteiger partial charge in [0.05, 0.1) is 28.3 Å². The molecule has 0 unspecified atom stereocenters. The van der Waals surface area contributed by atoms with E-state index < -0.39 is 10.0 Å². The molecule has 23 heavy (non-hydrogen) atoms. The largest absolute Gasteiger partial charge is 0.493 e. The minimum absolute atomic E-state index is 0.253. The summed E-state index contributed by atoms with van der Waals surface area (Å²) in [4.78, 5) is 4.61. The third-order valence-corrected chi connectivity index (χ3v) is 5.25. The summed E-state index contributed by atoms with van der Waals surface area (Å²) in [6, 6.07) is 12.5. The number of hydrogen-bond acceptors (Lipinski definition) is 4. The number of anilines is 1. The fraction of sp³-hybridized carbons (Fsp3) is 0.118. The zero-order chi connectivity index (χ0) is 16.0. The standard InChI is InChI=1S/C17H14N2O3S/c1-2-22-13-10-11-6-5-9-18-16(11)17-15(13)12-7-3-4-8-14(12)23(20,21)19-17/h3-10,19H,2H2,1H3. The number of aromatic nitrogens is 1. The van der Waals surface area contributed by atoms with Crippen molar-refractivity contribution in [2.75, 3.05) is 11.3 Å². The van der Waals surface area contributed by atoms with Gasteiger partial charge in [0.2, 0.25) is 0 Å². The fourth-order valence-corrected chi connectivity index (χ4v) is 4.23. The SMILES string of the molecule is CCOc1cc2cccnc2c2c1-c1ccccc1S(=O)(=O)N2. The molecule has 116 valence electrons. The zero-order valence-electron chi connectivity index (χ0n) is 12.4. The normalized spacial score (nSPS) is 14.7. The third kappa shape index (κ3) is 2.06. The van der Waals surface area contributed by atoms with Gasteiger partial charge in [0, 0.05) is 17.1 Å². The van der Waals surface area contributed by atoms with Crippen LogP contribution in [0.25, 0.3) is 22.0 Å². The van der Waals surface area contributed by atoms with Crippen LogP contribution in [0.2, 0.25) is 0 Å². The van der Waals surface area contributed by atoms with Crippen molar-refractivity contribution in [3.8, 4) is 16.9 Å². The molecule has 6 heteroatoms. The van der Waals surface area contributed by atoms with E-state index in [0.717, 1.165) is 10.9 Å². The highest BCUT2D eigenvalue weighted by atomic mass is 32.2. The number of rotatable bonds is 2. The molecule has 4 rings (SSSR count). The molecule has 0 saturated carbocycles. The quantitative estimate of drug-likeness (QED) is 0.783. The van der Waals surface area contributed by atoms with Gasteiger partial charge < -0.3 is 4.74 Å². The molecule has 0 radical (unpaired) electrons. The molecular formula is C17H14N2O3S. The second-order valence-corrected chi connectivity index (χ2v) is 6.89. The molecule has 5 nitrogen and oxygen atoms in total. The molecule has 0 saturated heterocycles. The van der Waals surface area contributed by atoms with Crippen LogP contribution in [-0.4, -0.2) is 20.0 Å². The van der Waals surface area contributed by atoms with Gasteiger partial charge in [0.25, 0.3) is 10.0 Å². The van der Waals surface area contributed by atoms with E-state index in [1.807, 2.05) is 31.2 Å². The number of nitrogens with zero attached hydrogens (tertiary/aromatic N) is 1. The topological polar surface area (TPSA) is 68.3 Å². The lowest BCUT2D eigenvalue weighted by Crippen LogP contribution is -2.19. The van der Waals surface area contributed by atoms with E-state index in [1.54, 1.807) is 24.4 Å². The second kappa shape index (κ2) is 4.96. The minimum atomic E-state index is -3.62. The Morgan fingerprint density at radius 2 is 2.00 bits per heavy atom. The van der Waals surface area contributed by atoms with Crippen molar-refractivity contribution in [2.45, 2.75) is 11.8 Å². The van der Waals surface area contributed by atoms with Gasteiger partial charge in [-0.25, -0.2) is 8.42 Å². The van der Waals surface area contributed by atoms with E-state index in [4.69, 9.17) is 4.74 Å². The summed E-state index contributed by atoms with van der Waals surface area (Å²) in [7, 11) is -3.62. The number of fused-ring (bicyclic) bond motifs is 5. The lowest BCUT2D eigenvalue weighted by atomic mass is 9.99. The lowest BCUT2D eigenvalue weighted by molar-refractivity contribution is 0.342. The average Bonchev–Trinajstić information content (AvgIpc) is 2.55. The first kappa shape index (κ1) is 14.0. The van der Waals surface area contributed by atoms with Crippen LogP contribution in [0.1, 0.15) is 6.92 Å². The van der Waals surface area contributed by atoms with Crippen molar-refractivity contribution in [3.05, 3.63) is 48.7 Å². The van der Waals surface area contributed by atoms with Crippen molar-refractivity contribution >= 4 is 26.6 Å². The monoisotopic (exact) mass is 326 g/mol. The molecule has 3 aromatic rings. The predicted molar refractivity (Wildman–Crippen MR) is 89.2 cm³/mol. The molecule has 0 fully saturated rings. The van der Waals surface area contributed by atoms with Crippen LogP contribution in [0.5, 0.6) is 5.75 Å². The second-order valence-electron chi connectivity index (χ2n) is 5.23. The van der Waals surface area contributed by atoms with E-state index in [1.165, 1.54) is 0 Å². The Balaban J connectivity index is 2.18. The van der Waals surface area contributed by atoms with Crippen LogP contribution in [0, 0.1) is 0 Å². The summed E-state index contributed by atoms with van der Waals surface area (Å²) in [5, 5.41) is 0.830. The summed E-state index contributed by atoms with van der Waals surface area (Å²) in [5.41, 5.74) is 2.47. The summed E-state index contributed by atoms with van der Waals surface area (Å²) in [6.07, 6.45) is 1.65. The Morgan fingerprint density at radius 1 is 1.17 bits per heavy atom. The zero-order valence-corrected chi connectivity index (χ0v) is 13.2. The van der Waals surface area contributed by atoms with Gasteiger partial charge in [-0.3, -0.25) is 9.71 Å². The molecule has 2 heterocycles. The molecule has 1 aromatic heterocycles. The molecule has 1 aliphatic rings. The molecule has 0 bridgehead atoms. The van der Waals surface area contributed by atoms with Crippen molar-refractivity contribution in [2.24, 2.45) is 0 Å². The Bertz CT molecular complexity index is 1030. The summed E-state index contributed by atoms with van der Waals surface area (Å²) in [5.74, 6) is 0.651. The van der Waals surface area contributed by atoms with E-state index in [-0.39, 0.29) is 4.90 Å². The van der Waals surface area contributed by atoms with E-state index in [2.05, 4.69) is 9.71 Å². The van der Waals surface area contributed by atoms with Crippen molar-refractivity contribution in [3.63, 3.8) is 0 Å². The van der Waals surface area contributed by atoms with Gasteiger partial charge in [0.1, 0.15) is 5.75 Å². The van der Waals surface area contributed by atoms with Crippen molar-refractivity contribution in [1.82, 2.24) is 4.98 Å². The van der Waals surface area contributed by atoms with Crippen LogP contribution in [0.3, 0.4) is 0 Å². The number of ether oxygens (including phenoxy) is 1. The van der Waals surface area contributed by atoms with Crippen LogP contribution in [-0.2, 0) is 10.0 Å². The summed E-state index contributed by atoms with van der Waals surface area (Å²) < 4.78 is 33.6. The molecule has 0 spiro atoms. The Hall–Kier alpha value is -2.60. The van der Waals surface area contributed by atoms with Crippen LogP contribution in [0.15, 0.2) is 53.6 Å². The Kier molecular flexibility index (Phi) is 3.02. The Morgan fingerprint density at radius 3 is 2.83 bits per heavy atom. The highest BCUT2D eigenvalue weighted by molar-refractivity contribution is 7.93. The van der Waals surface area contributed by atoms with Crippen LogP contribution >= 0.6 is 0 Å². The highest BCUT2D eigenvalue weighted by Crippen LogP contribution is 2.47. The van der Waals surface area contributed by atoms with E-state index in [9.17, 15) is 8.42 Å². The van der Waals surface area contributed by atoms with E-state index in [0.29, 0.717) is 29.1 Å². The number of nitrogens with one attached hydrogen (secondary N) is 1. The van der Waals surface area contributed by atoms with Gasteiger partial charge in [-0.1, -0.05) is 24.3 Å². The van der Waals surface area contributed by atoms with Gasteiger partial charge >= 0.3 is 0 Å². The van der Waals surface area contributed by atoms with Gasteiger partial charge in [-0.15, -0.1) is 0 Å². The molecule has 1 N–H and O–H groups in total. The first-order valence-corrected chi connectivity index (χ1v) is 8.77. The first-order chi connectivity index (χ1) is 11.1. The molecule has 0 aliphatic carbocycles. The van der Waals surface area contributed by atoms with Crippen molar-refractivity contribution < 1.29 is 13.2 Å². The van der Waals surface area contributed by atoms with Gasteiger partial charge in [0.15, 0.2) is 0 Å². The number of sulfonamides is 1. The Labute approximate surface area is 134 Å². The number of benzene rings is 2. The lowest BCUT2D eigenvalue weighted by Gasteiger charge is -2.24. The van der Waals surface area contributed by atoms with Gasteiger partial charge in [-0.05, 0) is 25.1 Å². The van der Waals surface area contributed by atoms with Crippen LogP contribution in [0.4, 0.5) is 5.69 Å².